The fourth-order valence-corrected chi connectivity index (χ4v) is 7.26. The number of aromatic nitrogens is 3. The van der Waals surface area contributed by atoms with Crippen molar-refractivity contribution in [3.05, 3.63) is 31.8 Å². The van der Waals surface area contributed by atoms with Gasteiger partial charge >= 0.3 is 0 Å². The number of hydrogen-bond donors (Lipinski definition) is 1. The molecule has 0 aromatic carbocycles. The summed E-state index contributed by atoms with van der Waals surface area (Å²) in [6, 6.07) is 2.48. The van der Waals surface area contributed by atoms with E-state index in [0.717, 1.165) is 54.2 Å². The SMILES string of the molecule is CCc1c(-c2nnc(SCC(=O)Nc3sc4c(c3C#N)CCCC4)n2C(C)C)csc1C. The molecule has 6 nitrogen and oxygen atoms in total. The molecule has 3 aromatic rings. The van der Waals surface area contributed by atoms with Gasteiger partial charge in [-0.1, -0.05) is 18.7 Å². The molecular weight excluding hydrogens is 458 g/mol. The molecule has 1 amide bonds. The number of fused-ring (bicyclic) bond motifs is 1. The van der Waals surface area contributed by atoms with Gasteiger partial charge in [0.05, 0.1) is 11.3 Å². The van der Waals surface area contributed by atoms with Crippen LogP contribution in [0.5, 0.6) is 0 Å². The van der Waals surface area contributed by atoms with E-state index in [4.69, 9.17) is 0 Å². The molecule has 0 aliphatic heterocycles. The van der Waals surface area contributed by atoms with Gasteiger partial charge in [-0.3, -0.25) is 9.36 Å². The summed E-state index contributed by atoms with van der Waals surface area (Å²) in [5, 5.41) is 25.1. The molecule has 0 bridgehead atoms. The van der Waals surface area contributed by atoms with Crippen LogP contribution in [0.15, 0.2) is 10.5 Å². The third kappa shape index (κ3) is 4.36. The van der Waals surface area contributed by atoms with Gasteiger partial charge in [0.1, 0.15) is 11.1 Å². The quantitative estimate of drug-likeness (QED) is 0.415. The summed E-state index contributed by atoms with van der Waals surface area (Å²) in [5.41, 5.74) is 4.23. The summed E-state index contributed by atoms with van der Waals surface area (Å²) < 4.78 is 2.11. The van der Waals surface area contributed by atoms with Crippen LogP contribution < -0.4 is 5.32 Å². The Hall–Kier alpha value is -2.15. The fraction of sp³-hybridized carbons (Fsp3) is 0.478. The topological polar surface area (TPSA) is 83.6 Å². The monoisotopic (exact) mass is 485 g/mol. The lowest BCUT2D eigenvalue weighted by Gasteiger charge is -2.14. The predicted octanol–water partition coefficient (Wildman–Crippen LogP) is 6.00. The van der Waals surface area contributed by atoms with Gasteiger partial charge in [0, 0.05) is 26.7 Å². The van der Waals surface area contributed by atoms with Crippen molar-refractivity contribution in [1.29, 1.82) is 5.26 Å². The number of carbonyl (C=O) groups is 1. The highest BCUT2D eigenvalue weighted by Crippen LogP contribution is 2.38. The van der Waals surface area contributed by atoms with Crippen LogP contribution in [-0.4, -0.2) is 26.4 Å². The van der Waals surface area contributed by atoms with E-state index < -0.39 is 0 Å². The van der Waals surface area contributed by atoms with Crippen LogP contribution in [-0.2, 0) is 24.1 Å². The van der Waals surface area contributed by atoms with Crippen LogP contribution in [0.2, 0.25) is 0 Å². The Labute approximate surface area is 201 Å². The van der Waals surface area contributed by atoms with E-state index in [1.54, 1.807) is 22.7 Å². The van der Waals surface area contributed by atoms with Crippen molar-refractivity contribution in [2.75, 3.05) is 11.1 Å². The van der Waals surface area contributed by atoms with Crippen molar-refractivity contribution in [2.24, 2.45) is 0 Å². The first-order valence-electron chi connectivity index (χ1n) is 10.9. The number of nitrogens with one attached hydrogen (secondary N) is 1. The Kier molecular flexibility index (Phi) is 7.03. The van der Waals surface area contributed by atoms with E-state index in [2.05, 4.69) is 59.2 Å². The number of thioether (sulfide) groups is 1. The van der Waals surface area contributed by atoms with Crippen molar-refractivity contribution in [1.82, 2.24) is 14.8 Å². The van der Waals surface area contributed by atoms with Gasteiger partial charge in [0.25, 0.3) is 0 Å². The minimum absolute atomic E-state index is 0.120. The number of thiophene rings is 2. The van der Waals surface area contributed by atoms with Crippen LogP contribution in [0.4, 0.5) is 5.00 Å². The zero-order valence-electron chi connectivity index (χ0n) is 18.8. The second-order valence-electron chi connectivity index (χ2n) is 8.17. The summed E-state index contributed by atoms with van der Waals surface area (Å²) in [7, 11) is 0. The first kappa shape index (κ1) is 23.0. The standard InChI is InChI=1S/C23H27N5OS3/c1-5-15-14(4)30-11-18(15)21-26-27-23(28(21)13(2)3)31-12-20(29)25-22-17(10-24)16-8-6-7-9-19(16)32-22/h11,13H,5-9,12H2,1-4H3,(H,25,29). The number of aryl methyl sites for hydroxylation is 2. The van der Waals surface area contributed by atoms with E-state index in [-0.39, 0.29) is 17.7 Å². The van der Waals surface area contributed by atoms with Gasteiger partial charge in [-0.25, -0.2) is 0 Å². The molecule has 0 fully saturated rings. The maximum atomic E-state index is 12.7. The highest BCUT2D eigenvalue weighted by atomic mass is 32.2. The summed E-state index contributed by atoms with van der Waals surface area (Å²) in [4.78, 5) is 15.3. The normalized spacial score (nSPS) is 13.2. The second-order valence-corrected chi connectivity index (χ2v) is 11.3. The Morgan fingerprint density at radius 1 is 1.34 bits per heavy atom. The van der Waals surface area contributed by atoms with E-state index in [0.29, 0.717) is 10.6 Å². The number of amides is 1. The van der Waals surface area contributed by atoms with Gasteiger partial charge < -0.3 is 5.32 Å². The minimum Gasteiger partial charge on any atom is -0.316 e. The van der Waals surface area contributed by atoms with Gasteiger partial charge in [-0.2, -0.15) is 5.26 Å². The molecule has 1 aliphatic carbocycles. The van der Waals surface area contributed by atoms with Crippen molar-refractivity contribution in [3.63, 3.8) is 0 Å². The Balaban J connectivity index is 1.51. The molecule has 168 valence electrons. The highest BCUT2D eigenvalue weighted by molar-refractivity contribution is 7.99. The van der Waals surface area contributed by atoms with E-state index in [1.807, 2.05) is 0 Å². The zero-order valence-corrected chi connectivity index (χ0v) is 21.3. The first-order chi connectivity index (χ1) is 15.4. The lowest BCUT2D eigenvalue weighted by molar-refractivity contribution is -0.113. The predicted molar refractivity (Wildman–Crippen MR) is 133 cm³/mol. The molecule has 0 unspecified atom stereocenters. The summed E-state index contributed by atoms with van der Waals surface area (Å²) in [6.07, 6.45) is 5.14. The van der Waals surface area contributed by atoms with Gasteiger partial charge in [-0.15, -0.1) is 32.9 Å². The van der Waals surface area contributed by atoms with E-state index in [9.17, 15) is 10.1 Å². The van der Waals surface area contributed by atoms with Gasteiger partial charge in [-0.05, 0) is 64.0 Å². The molecule has 0 saturated carbocycles. The van der Waals surface area contributed by atoms with Crippen LogP contribution in [0.3, 0.4) is 0 Å². The number of hydrogen-bond acceptors (Lipinski definition) is 7. The van der Waals surface area contributed by atoms with Crippen LogP contribution in [0.25, 0.3) is 11.4 Å². The molecular formula is C23H27N5OS3. The number of carbonyl (C=O) groups excluding carboxylic acids is 1. The van der Waals surface area contributed by atoms with Crippen molar-refractivity contribution in [2.45, 2.75) is 71.0 Å². The number of nitrogens with zero attached hydrogens (tertiary/aromatic N) is 4. The Morgan fingerprint density at radius 2 is 2.12 bits per heavy atom. The molecule has 9 heteroatoms. The molecule has 0 spiro atoms. The number of anilines is 1. The average molecular weight is 486 g/mol. The molecule has 0 atom stereocenters. The lowest BCUT2D eigenvalue weighted by Crippen LogP contribution is -2.15. The highest BCUT2D eigenvalue weighted by Gasteiger charge is 2.23. The summed E-state index contributed by atoms with van der Waals surface area (Å²) >= 11 is 4.68. The molecule has 3 aromatic heterocycles. The molecule has 1 N–H and O–H groups in total. The lowest BCUT2D eigenvalue weighted by atomic mass is 9.96. The van der Waals surface area contributed by atoms with Gasteiger partial charge in [0.15, 0.2) is 11.0 Å². The number of rotatable bonds is 7. The molecule has 0 radical (unpaired) electrons. The minimum atomic E-state index is -0.120. The third-order valence-electron chi connectivity index (χ3n) is 5.75. The van der Waals surface area contributed by atoms with Gasteiger partial charge in [0.2, 0.25) is 5.91 Å². The van der Waals surface area contributed by atoms with E-state index in [1.165, 1.54) is 27.1 Å². The zero-order chi connectivity index (χ0) is 22.8. The first-order valence-corrected chi connectivity index (χ1v) is 13.6. The van der Waals surface area contributed by atoms with Crippen molar-refractivity contribution < 1.29 is 4.79 Å². The number of nitriles is 1. The molecule has 1 aliphatic rings. The van der Waals surface area contributed by atoms with E-state index >= 15 is 0 Å². The second kappa shape index (κ2) is 9.77. The van der Waals surface area contributed by atoms with Crippen molar-refractivity contribution in [3.8, 4) is 17.5 Å². The van der Waals surface area contributed by atoms with Crippen LogP contribution in [0.1, 0.15) is 66.1 Å². The van der Waals surface area contributed by atoms with Crippen molar-refractivity contribution >= 4 is 45.3 Å². The Bertz CT molecular complexity index is 1180. The fourth-order valence-electron chi connectivity index (χ4n) is 4.20. The Morgan fingerprint density at radius 3 is 2.84 bits per heavy atom. The smallest absolute Gasteiger partial charge is 0.235 e. The molecule has 3 heterocycles. The van der Waals surface area contributed by atoms with Crippen LogP contribution >= 0.6 is 34.4 Å². The molecule has 0 saturated heterocycles. The van der Waals surface area contributed by atoms with Crippen LogP contribution in [0, 0.1) is 18.3 Å². The molecule has 32 heavy (non-hydrogen) atoms. The summed E-state index contributed by atoms with van der Waals surface area (Å²) in [6.45, 7) is 8.52. The largest absolute Gasteiger partial charge is 0.316 e. The summed E-state index contributed by atoms with van der Waals surface area (Å²) in [5.74, 6) is 0.967. The third-order valence-corrected chi connectivity index (χ3v) is 8.85. The maximum absolute atomic E-state index is 12.7. The molecule has 4 rings (SSSR count). The average Bonchev–Trinajstić information content (AvgIpc) is 3.45. The maximum Gasteiger partial charge on any atom is 0.235 e.